The first-order valence-corrected chi connectivity index (χ1v) is 6.16. The first-order valence-electron chi connectivity index (χ1n) is 6.16. The van der Waals surface area contributed by atoms with Crippen LogP contribution in [0.5, 0.6) is 0 Å². The van der Waals surface area contributed by atoms with Gasteiger partial charge in [-0.2, -0.15) is 0 Å². The molecule has 0 radical (unpaired) electrons. The Bertz CT molecular complexity index is 221. The summed E-state index contributed by atoms with van der Waals surface area (Å²) in [5.41, 5.74) is 0. The number of carbonyl (C=O) groups excluding carboxylic acids is 1. The summed E-state index contributed by atoms with van der Waals surface area (Å²) in [5, 5.41) is 3.31. The van der Waals surface area contributed by atoms with E-state index >= 15 is 0 Å². The normalized spacial score (nSPS) is 25.4. The first-order chi connectivity index (χ1) is 7.69. The molecule has 1 saturated heterocycles. The van der Waals surface area contributed by atoms with E-state index in [0.717, 1.165) is 13.0 Å². The van der Waals surface area contributed by atoms with E-state index in [1.807, 2.05) is 7.05 Å². The Morgan fingerprint density at radius 3 is 2.94 bits per heavy atom. The zero-order valence-corrected chi connectivity index (χ0v) is 10.7. The summed E-state index contributed by atoms with van der Waals surface area (Å²) >= 11 is 0. The zero-order valence-electron chi connectivity index (χ0n) is 10.7. The van der Waals surface area contributed by atoms with Crippen molar-refractivity contribution >= 4 is 5.91 Å². The summed E-state index contributed by atoms with van der Waals surface area (Å²) in [7, 11) is 3.50. The van der Waals surface area contributed by atoms with E-state index in [2.05, 4.69) is 12.2 Å². The molecule has 0 aromatic rings. The van der Waals surface area contributed by atoms with E-state index in [9.17, 15) is 4.79 Å². The van der Waals surface area contributed by atoms with Crippen LogP contribution < -0.4 is 5.32 Å². The van der Waals surface area contributed by atoms with Crippen molar-refractivity contribution in [3.8, 4) is 0 Å². The van der Waals surface area contributed by atoms with Crippen molar-refractivity contribution in [1.82, 2.24) is 10.2 Å². The molecule has 0 bridgehead atoms. The molecule has 0 aliphatic carbocycles. The second-order valence-corrected chi connectivity index (χ2v) is 4.56. The molecule has 1 heterocycles. The Kier molecular flexibility index (Phi) is 5.77. The van der Waals surface area contributed by atoms with E-state index in [4.69, 9.17) is 4.74 Å². The Morgan fingerprint density at radius 2 is 2.31 bits per heavy atom. The van der Waals surface area contributed by atoms with Crippen LogP contribution in [0, 0.1) is 5.92 Å². The standard InChI is InChI=1S/C12H24N2O2/c1-4-10-5-6-13-11(9-10)12(15)14(2)7-8-16-3/h10-11,13H,4-9H2,1-3H3. The zero-order chi connectivity index (χ0) is 12.0. The van der Waals surface area contributed by atoms with Crippen LogP contribution in [0.3, 0.4) is 0 Å². The van der Waals surface area contributed by atoms with Crippen molar-refractivity contribution in [1.29, 1.82) is 0 Å². The van der Waals surface area contributed by atoms with Crippen LogP contribution in [0.15, 0.2) is 0 Å². The Morgan fingerprint density at radius 1 is 1.56 bits per heavy atom. The molecule has 4 nitrogen and oxygen atoms in total. The number of carbonyl (C=O) groups is 1. The number of nitrogens with one attached hydrogen (secondary N) is 1. The van der Waals surface area contributed by atoms with E-state index in [1.54, 1.807) is 12.0 Å². The monoisotopic (exact) mass is 228 g/mol. The fourth-order valence-electron chi connectivity index (χ4n) is 2.16. The molecule has 0 spiro atoms. The van der Waals surface area contributed by atoms with Gasteiger partial charge in [0.2, 0.25) is 5.91 Å². The smallest absolute Gasteiger partial charge is 0.239 e. The minimum atomic E-state index is 0.0144. The van der Waals surface area contributed by atoms with Gasteiger partial charge in [0.05, 0.1) is 12.6 Å². The third-order valence-electron chi connectivity index (χ3n) is 3.39. The van der Waals surface area contributed by atoms with Gasteiger partial charge in [-0.05, 0) is 25.3 Å². The average molecular weight is 228 g/mol. The minimum Gasteiger partial charge on any atom is -0.383 e. The van der Waals surface area contributed by atoms with Crippen molar-refractivity contribution in [2.75, 3.05) is 33.9 Å². The summed E-state index contributed by atoms with van der Waals surface area (Å²) in [6.07, 6.45) is 3.35. The number of hydrogen-bond acceptors (Lipinski definition) is 3. The number of methoxy groups -OCH3 is 1. The summed E-state index contributed by atoms with van der Waals surface area (Å²) in [4.78, 5) is 13.8. The second-order valence-electron chi connectivity index (χ2n) is 4.56. The summed E-state index contributed by atoms with van der Waals surface area (Å²) in [6, 6.07) is 0.0144. The Labute approximate surface area is 98.3 Å². The highest BCUT2D eigenvalue weighted by Gasteiger charge is 2.27. The molecule has 1 amide bonds. The molecule has 0 aromatic carbocycles. The van der Waals surface area contributed by atoms with Gasteiger partial charge in [0.1, 0.15) is 0 Å². The van der Waals surface area contributed by atoms with Crippen molar-refractivity contribution in [2.45, 2.75) is 32.2 Å². The number of hydrogen-bond donors (Lipinski definition) is 1. The molecule has 1 N–H and O–H groups in total. The lowest BCUT2D eigenvalue weighted by Crippen LogP contribution is -2.49. The molecule has 1 aliphatic rings. The van der Waals surface area contributed by atoms with Crippen molar-refractivity contribution in [3.05, 3.63) is 0 Å². The van der Waals surface area contributed by atoms with Gasteiger partial charge in [-0.25, -0.2) is 0 Å². The Hall–Kier alpha value is -0.610. The maximum atomic E-state index is 12.1. The van der Waals surface area contributed by atoms with Crippen molar-refractivity contribution in [3.63, 3.8) is 0 Å². The number of amides is 1. The third-order valence-corrected chi connectivity index (χ3v) is 3.39. The highest BCUT2D eigenvalue weighted by Crippen LogP contribution is 2.20. The van der Waals surface area contributed by atoms with Gasteiger partial charge in [-0.15, -0.1) is 0 Å². The number of likely N-dealkylation sites (N-methyl/N-ethyl adjacent to an activating group) is 1. The number of nitrogens with zero attached hydrogens (tertiary/aromatic N) is 1. The maximum absolute atomic E-state index is 12.1. The lowest BCUT2D eigenvalue weighted by molar-refractivity contribution is -0.133. The third kappa shape index (κ3) is 3.76. The van der Waals surface area contributed by atoms with E-state index in [1.165, 1.54) is 12.8 Å². The predicted octanol–water partition coefficient (Wildman–Crippen LogP) is 0.869. The molecular weight excluding hydrogens is 204 g/mol. The topological polar surface area (TPSA) is 41.6 Å². The summed E-state index contributed by atoms with van der Waals surface area (Å²) in [5.74, 6) is 0.904. The lowest BCUT2D eigenvalue weighted by atomic mass is 9.90. The molecule has 2 unspecified atom stereocenters. The van der Waals surface area contributed by atoms with E-state index < -0.39 is 0 Å². The van der Waals surface area contributed by atoms with Crippen LogP contribution in [0.4, 0.5) is 0 Å². The van der Waals surface area contributed by atoms with Crippen LogP contribution in [0.1, 0.15) is 26.2 Å². The van der Waals surface area contributed by atoms with Gasteiger partial charge in [0.15, 0.2) is 0 Å². The second kappa shape index (κ2) is 6.86. The fraction of sp³-hybridized carbons (Fsp3) is 0.917. The molecule has 0 saturated carbocycles. The maximum Gasteiger partial charge on any atom is 0.239 e. The molecule has 94 valence electrons. The lowest BCUT2D eigenvalue weighted by Gasteiger charge is -2.31. The highest BCUT2D eigenvalue weighted by atomic mass is 16.5. The molecule has 4 heteroatoms. The van der Waals surface area contributed by atoms with Crippen LogP contribution in [-0.2, 0) is 9.53 Å². The van der Waals surface area contributed by atoms with Crippen LogP contribution >= 0.6 is 0 Å². The van der Waals surface area contributed by atoms with Crippen molar-refractivity contribution in [2.24, 2.45) is 5.92 Å². The van der Waals surface area contributed by atoms with Crippen molar-refractivity contribution < 1.29 is 9.53 Å². The Balaban J connectivity index is 2.40. The summed E-state index contributed by atoms with van der Waals surface area (Å²) < 4.78 is 4.98. The number of rotatable bonds is 5. The molecular formula is C12H24N2O2. The SMILES string of the molecule is CCC1CCNC(C(=O)N(C)CCOC)C1. The van der Waals surface area contributed by atoms with Gasteiger partial charge in [-0.3, -0.25) is 4.79 Å². The largest absolute Gasteiger partial charge is 0.383 e. The first kappa shape index (κ1) is 13.5. The van der Waals surface area contributed by atoms with Crippen LogP contribution in [-0.4, -0.2) is 50.7 Å². The van der Waals surface area contributed by atoms with Gasteiger partial charge >= 0.3 is 0 Å². The molecule has 2 atom stereocenters. The minimum absolute atomic E-state index is 0.0144. The molecule has 1 rings (SSSR count). The fourth-order valence-corrected chi connectivity index (χ4v) is 2.16. The van der Waals surface area contributed by atoms with E-state index in [-0.39, 0.29) is 11.9 Å². The highest BCUT2D eigenvalue weighted by molar-refractivity contribution is 5.81. The van der Waals surface area contributed by atoms with Crippen LogP contribution in [0.25, 0.3) is 0 Å². The molecule has 1 fully saturated rings. The van der Waals surface area contributed by atoms with Gasteiger partial charge in [0.25, 0.3) is 0 Å². The molecule has 16 heavy (non-hydrogen) atoms. The van der Waals surface area contributed by atoms with Gasteiger partial charge < -0.3 is 15.0 Å². The molecule has 1 aliphatic heterocycles. The van der Waals surface area contributed by atoms with Crippen LogP contribution in [0.2, 0.25) is 0 Å². The number of ether oxygens (including phenoxy) is 1. The van der Waals surface area contributed by atoms with E-state index in [0.29, 0.717) is 19.1 Å². The van der Waals surface area contributed by atoms with Gasteiger partial charge in [-0.1, -0.05) is 13.3 Å². The number of piperidine rings is 1. The predicted molar refractivity (Wildman–Crippen MR) is 64.3 cm³/mol. The summed E-state index contributed by atoms with van der Waals surface area (Å²) in [6.45, 7) is 4.44. The average Bonchev–Trinajstić information content (AvgIpc) is 2.35. The van der Waals surface area contributed by atoms with Gasteiger partial charge in [0, 0.05) is 20.7 Å². The quantitative estimate of drug-likeness (QED) is 0.759. The molecule has 0 aromatic heterocycles.